The maximum absolute atomic E-state index is 5.43. The molecule has 2 rings (SSSR count). The largest absolute Gasteiger partial charge is 0.468 e. The van der Waals surface area contributed by atoms with E-state index < -0.39 is 0 Å². The molecule has 0 bridgehead atoms. The third-order valence-corrected chi connectivity index (χ3v) is 3.01. The van der Waals surface area contributed by atoms with E-state index in [1.165, 1.54) is 0 Å². The van der Waals surface area contributed by atoms with Gasteiger partial charge in [-0.1, -0.05) is 0 Å². The molecular weight excluding hydrogens is 212 g/mol. The van der Waals surface area contributed by atoms with Crippen LogP contribution in [-0.2, 0) is 0 Å². The number of furan rings is 1. The Balaban J connectivity index is 0.00000112. The Morgan fingerprint density at radius 3 is 3.00 bits per heavy atom. The first-order valence-electron chi connectivity index (χ1n) is 5.29. The van der Waals surface area contributed by atoms with Crippen LogP contribution in [0, 0.1) is 0 Å². The molecule has 1 fully saturated rings. The zero-order valence-corrected chi connectivity index (χ0v) is 10.1. The van der Waals surface area contributed by atoms with Gasteiger partial charge in [0.15, 0.2) is 0 Å². The van der Waals surface area contributed by atoms with Gasteiger partial charge in [0.1, 0.15) is 5.76 Å². The van der Waals surface area contributed by atoms with Crippen molar-refractivity contribution in [2.45, 2.75) is 25.9 Å². The Morgan fingerprint density at radius 2 is 2.40 bits per heavy atom. The summed E-state index contributed by atoms with van der Waals surface area (Å²) in [6.45, 7) is 7.72. The molecule has 1 aromatic heterocycles. The van der Waals surface area contributed by atoms with Gasteiger partial charge in [-0.15, -0.1) is 12.4 Å². The Labute approximate surface area is 97.2 Å². The smallest absolute Gasteiger partial charge is 0.120 e. The first kappa shape index (κ1) is 12.6. The Bertz CT molecular complexity index is 276. The van der Waals surface area contributed by atoms with Crippen molar-refractivity contribution in [3.63, 3.8) is 0 Å². The maximum atomic E-state index is 5.43. The zero-order valence-electron chi connectivity index (χ0n) is 9.27. The van der Waals surface area contributed by atoms with E-state index in [2.05, 4.69) is 30.1 Å². The lowest BCUT2D eigenvalue weighted by atomic mass is 10.1. The summed E-state index contributed by atoms with van der Waals surface area (Å²) in [5.74, 6) is 1.07. The summed E-state index contributed by atoms with van der Waals surface area (Å²) in [6, 6.07) is 4.99. The number of hydrogen-bond acceptors (Lipinski definition) is 3. The van der Waals surface area contributed by atoms with E-state index in [0.717, 1.165) is 25.4 Å². The molecule has 0 radical (unpaired) electrons. The quantitative estimate of drug-likeness (QED) is 0.843. The van der Waals surface area contributed by atoms with Crippen LogP contribution in [0.15, 0.2) is 22.8 Å². The molecule has 86 valence electrons. The van der Waals surface area contributed by atoms with Crippen molar-refractivity contribution < 1.29 is 4.42 Å². The lowest BCUT2D eigenvalue weighted by molar-refractivity contribution is 0.112. The second-order valence-corrected chi connectivity index (χ2v) is 3.98. The molecule has 0 spiro atoms. The molecule has 1 N–H and O–H groups in total. The van der Waals surface area contributed by atoms with E-state index >= 15 is 0 Å². The van der Waals surface area contributed by atoms with Crippen molar-refractivity contribution in [3.05, 3.63) is 24.2 Å². The average Bonchev–Trinajstić information content (AvgIpc) is 2.70. The lowest BCUT2D eigenvalue weighted by Gasteiger charge is -2.37. The number of piperazine rings is 1. The minimum absolute atomic E-state index is 0. The maximum Gasteiger partial charge on any atom is 0.120 e. The highest BCUT2D eigenvalue weighted by Crippen LogP contribution is 2.23. The average molecular weight is 231 g/mol. The molecule has 2 heterocycles. The Morgan fingerprint density at radius 1 is 1.60 bits per heavy atom. The van der Waals surface area contributed by atoms with Crippen molar-refractivity contribution in [3.8, 4) is 0 Å². The van der Waals surface area contributed by atoms with Crippen LogP contribution in [0.2, 0.25) is 0 Å². The molecule has 15 heavy (non-hydrogen) atoms. The molecule has 4 heteroatoms. The van der Waals surface area contributed by atoms with Crippen LogP contribution < -0.4 is 5.32 Å². The number of nitrogens with one attached hydrogen (secondary N) is 1. The van der Waals surface area contributed by atoms with Crippen LogP contribution in [0.25, 0.3) is 0 Å². The van der Waals surface area contributed by atoms with E-state index in [9.17, 15) is 0 Å². The van der Waals surface area contributed by atoms with Gasteiger partial charge in [-0.25, -0.2) is 0 Å². The standard InChI is InChI=1S/C11H18N2O.ClH/c1-9-8-12-5-6-13(9)10(2)11-4-3-7-14-11;/h3-4,7,9-10,12H,5-6,8H2,1-2H3;1H. The SMILES string of the molecule is CC1CNCCN1C(C)c1ccco1.Cl. The minimum atomic E-state index is 0. The summed E-state index contributed by atoms with van der Waals surface area (Å²) >= 11 is 0. The van der Waals surface area contributed by atoms with Crippen LogP contribution in [0.3, 0.4) is 0 Å². The van der Waals surface area contributed by atoms with Gasteiger partial charge in [-0.2, -0.15) is 0 Å². The van der Waals surface area contributed by atoms with Gasteiger partial charge in [-0.3, -0.25) is 4.90 Å². The summed E-state index contributed by atoms with van der Waals surface area (Å²) in [4.78, 5) is 2.48. The molecule has 1 saturated heterocycles. The fourth-order valence-corrected chi connectivity index (χ4v) is 2.12. The van der Waals surface area contributed by atoms with E-state index in [-0.39, 0.29) is 12.4 Å². The predicted molar refractivity (Wildman–Crippen MR) is 63.4 cm³/mol. The lowest BCUT2D eigenvalue weighted by Crippen LogP contribution is -2.50. The number of nitrogens with zero attached hydrogens (tertiary/aromatic N) is 1. The van der Waals surface area contributed by atoms with Crippen molar-refractivity contribution in [1.82, 2.24) is 10.2 Å². The van der Waals surface area contributed by atoms with Crippen molar-refractivity contribution >= 4 is 12.4 Å². The normalized spacial score (nSPS) is 24.5. The Kier molecular flexibility index (Phi) is 4.64. The van der Waals surface area contributed by atoms with Gasteiger partial charge in [0.2, 0.25) is 0 Å². The van der Waals surface area contributed by atoms with Crippen molar-refractivity contribution in [1.29, 1.82) is 0 Å². The predicted octanol–water partition coefficient (Wildman–Crippen LogP) is 2.06. The van der Waals surface area contributed by atoms with Gasteiger partial charge in [0.25, 0.3) is 0 Å². The van der Waals surface area contributed by atoms with Crippen molar-refractivity contribution in [2.75, 3.05) is 19.6 Å². The van der Waals surface area contributed by atoms with E-state index in [1.807, 2.05) is 6.07 Å². The summed E-state index contributed by atoms with van der Waals surface area (Å²) in [6.07, 6.45) is 1.75. The van der Waals surface area contributed by atoms with E-state index in [1.54, 1.807) is 6.26 Å². The third-order valence-electron chi connectivity index (χ3n) is 3.01. The van der Waals surface area contributed by atoms with Crippen LogP contribution in [0.5, 0.6) is 0 Å². The zero-order chi connectivity index (χ0) is 9.97. The highest BCUT2D eigenvalue weighted by atomic mass is 35.5. The van der Waals surface area contributed by atoms with Crippen molar-refractivity contribution in [2.24, 2.45) is 0 Å². The van der Waals surface area contributed by atoms with Crippen LogP contribution in [0.4, 0.5) is 0 Å². The summed E-state index contributed by atoms with van der Waals surface area (Å²) in [7, 11) is 0. The molecular formula is C11H19ClN2O. The molecule has 0 saturated carbocycles. The van der Waals surface area contributed by atoms with Gasteiger partial charge >= 0.3 is 0 Å². The molecule has 2 atom stereocenters. The Hall–Kier alpha value is -0.510. The van der Waals surface area contributed by atoms with Crippen LogP contribution >= 0.6 is 12.4 Å². The second kappa shape index (κ2) is 5.54. The minimum Gasteiger partial charge on any atom is -0.468 e. The summed E-state index contributed by atoms with van der Waals surface area (Å²) < 4.78 is 5.43. The number of rotatable bonds is 2. The molecule has 0 aromatic carbocycles. The molecule has 2 unspecified atom stereocenters. The molecule has 1 aliphatic rings. The molecule has 1 aromatic rings. The van der Waals surface area contributed by atoms with Crippen LogP contribution in [0.1, 0.15) is 25.6 Å². The van der Waals surface area contributed by atoms with Crippen LogP contribution in [-0.4, -0.2) is 30.6 Å². The summed E-state index contributed by atoms with van der Waals surface area (Å²) in [5, 5.41) is 3.39. The topological polar surface area (TPSA) is 28.4 Å². The fourth-order valence-electron chi connectivity index (χ4n) is 2.12. The first-order valence-corrected chi connectivity index (χ1v) is 5.29. The second-order valence-electron chi connectivity index (χ2n) is 3.98. The number of hydrogen-bond donors (Lipinski definition) is 1. The molecule has 0 amide bonds. The monoisotopic (exact) mass is 230 g/mol. The fraction of sp³-hybridized carbons (Fsp3) is 0.636. The van der Waals surface area contributed by atoms with Gasteiger partial charge in [0.05, 0.1) is 12.3 Å². The first-order chi connectivity index (χ1) is 6.79. The number of halogens is 1. The van der Waals surface area contributed by atoms with E-state index in [0.29, 0.717) is 12.1 Å². The van der Waals surface area contributed by atoms with E-state index in [4.69, 9.17) is 4.42 Å². The van der Waals surface area contributed by atoms with Gasteiger partial charge < -0.3 is 9.73 Å². The van der Waals surface area contributed by atoms with Gasteiger partial charge in [0, 0.05) is 25.7 Å². The summed E-state index contributed by atoms with van der Waals surface area (Å²) in [5.41, 5.74) is 0. The third kappa shape index (κ3) is 2.74. The van der Waals surface area contributed by atoms with Gasteiger partial charge in [-0.05, 0) is 26.0 Å². The molecule has 0 aliphatic carbocycles. The molecule has 1 aliphatic heterocycles. The highest BCUT2D eigenvalue weighted by Gasteiger charge is 2.25. The molecule has 3 nitrogen and oxygen atoms in total. The highest BCUT2D eigenvalue weighted by molar-refractivity contribution is 5.85.